The highest BCUT2D eigenvalue weighted by Gasteiger charge is 1.82. The molecule has 0 radical (unpaired) electrons. The summed E-state index contributed by atoms with van der Waals surface area (Å²) >= 11 is 0. The van der Waals surface area contributed by atoms with Crippen LogP contribution in [0.1, 0.15) is 12.0 Å². The molecule has 7 heavy (non-hydrogen) atoms. The molecule has 3 nitrogen and oxygen atoms in total. The molecular formula is C4H4N2O. The molecule has 0 spiro atoms. The van der Waals surface area contributed by atoms with Crippen molar-refractivity contribution in [3.8, 4) is 0 Å². The van der Waals surface area contributed by atoms with Crippen molar-refractivity contribution in [2.45, 2.75) is 0 Å². The molecule has 0 unspecified atom stereocenters. The Labute approximate surface area is 41.8 Å². The van der Waals surface area contributed by atoms with E-state index in [-0.39, 0.29) is 5.82 Å². The molecule has 0 aromatic carbocycles. The fraction of sp³-hybridized carbons (Fsp3) is 0. The number of aldehydes is 1. The van der Waals surface area contributed by atoms with Crippen LogP contribution in [0.25, 0.3) is 0 Å². The molecule has 1 N–H and O–H groups in total. The third-order valence-electron chi connectivity index (χ3n) is 0.595. The number of H-pyrrole nitrogens is 1. The van der Waals surface area contributed by atoms with Crippen molar-refractivity contribution in [1.82, 2.24) is 9.97 Å². The number of hydrogen-bond acceptors (Lipinski definition) is 2. The minimum absolute atomic E-state index is 0.0880. The minimum atomic E-state index is -0.782. The summed E-state index contributed by atoms with van der Waals surface area (Å²) in [5.74, 6) is 0.0880. The Morgan fingerprint density at radius 2 is 3.00 bits per heavy atom. The summed E-state index contributed by atoms with van der Waals surface area (Å²) in [6.07, 6.45) is 2.15. The zero-order chi connectivity index (χ0) is 5.98. The topological polar surface area (TPSA) is 45.8 Å². The maximum absolute atomic E-state index is 10.1. The van der Waals surface area contributed by atoms with Gasteiger partial charge >= 0.3 is 0 Å². The fourth-order valence-corrected chi connectivity index (χ4v) is 0.321. The maximum Gasteiger partial charge on any atom is 0.185 e. The van der Waals surface area contributed by atoms with E-state index in [1.807, 2.05) is 0 Å². The van der Waals surface area contributed by atoms with Crippen molar-refractivity contribution in [3.63, 3.8) is 0 Å². The smallest absolute Gasteiger partial charge is 0.185 e. The normalized spacial score (nSPS) is 10.6. The maximum atomic E-state index is 10.1. The standard InChI is InChI=1S/C4H4N2O/c7-3-4-5-1-2-6-4/h1-3H,(H,5,6)/i3D. The van der Waals surface area contributed by atoms with E-state index in [1.54, 1.807) is 0 Å². The van der Waals surface area contributed by atoms with Crippen molar-refractivity contribution in [1.29, 1.82) is 0 Å². The number of hydrogen-bond donors (Lipinski definition) is 1. The molecule has 1 aromatic heterocycles. The molecular weight excluding hydrogens is 92.1 g/mol. The van der Waals surface area contributed by atoms with Crippen LogP contribution >= 0.6 is 0 Å². The van der Waals surface area contributed by atoms with Crippen LogP contribution in [-0.4, -0.2) is 16.2 Å². The Bertz CT molecular complexity index is 182. The van der Waals surface area contributed by atoms with Crippen LogP contribution in [0.5, 0.6) is 0 Å². The van der Waals surface area contributed by atoms with E-state index in [1.165, 1.54) is 12.4 Å². The molecule has 0 amide bonds. The third kappa shape index (κ3) is 0.652. The first-order chi connectivity index (χ1) is 3.80. The Hall–Kier alpha value is -1.12. The van der Waals surface area contributed by atoms with Crippen LogP contribution in [0, 0.1) is 0 Å². The summed E-state index contributed by atoms with van der Waals surface area (Å²) in [5.41, 5.74) is 0. The lowest BCUT2D eigenvalue weighted by atomic mass is 10.7. The Morgan fingerprint density at radius 3 is 3.29 bits per heavy atom. The summed E-state index contributed by atoms with van der Waals surface area (Å²) in [5, 5.41) is 0. The molecule has 1 aromatic rings. The molecule has 0 atom stereocenters. The number of aromatic nitrogens is 2. The van der Waals surface area contributed by atoms with Gasteiger partial charge in [0.15, 0.2) is 12.1 Å². The highest BCUT2D eigenvalue weighted by molar-refractivity contribution is 5.68. The Balaban J connectivity index is 2.93. The fourth-order valence-electron chi connectivity index (χ4n) is 0.321. The van der Waals surface area contributed by atoms with Gasteiger partial charge in [-0.1, -0.05) is 0 Å². The summed E-state index contributed by atoms with van der Waals surface area (Å²) < 4.78 is 6.50. The van der Waals surface area contributed by atoms with E-state index in [9.17, 15) is 4.79 Å². The van der Waals surface area contributed by atoms with Gasteiger partial charge in [0.2, 0.25) is 0 Å². The second-order valence-corrected chi connectivity index (χ2v) is 1.04. The van der Waals surface area contributed by atoms with Gasteiger partial charge in [0.1, 0.15) is 1.37 Å². The second-order valence-electron chi connectivity index (χ2n) is 1.04. The summed E-state index contributed by atoms with van der Waals surface area (Å²) in [7, 11) is 0. The van der Waals surface area contributed by atoms with E-state index >= 15 is 0 Å². The van der Waals surface area contributed by atoms with Gasteiger partial charge in [-0.15, -0.1) is 0 Å². The van der Waals surface area contributed by atoms with E-state index < -0.39 is 6.26 Å². The Morgan fingerprint density at radius 1 is 2.14 bits per heavy atom. The van der Waals surface area contributed by atoms with E-state index in [4.69, 9.17) is 1.37 Å². The summed E-state index contributed by atoms with van der Waals surface area (Å²) in [6, 6.07) is 0. The lowest BCUT2D eigenvalue weighted by Gasteiger charge is -1.68. The zero-order valence-corrected chi connectivity index (χ0v) is 3.51. The average molecular weight is 97.1 g/mol. The number of nitrogens with zero attached hydrogens (tertiary/aromatic N) is 1. The van der Waals surface area contributed by atoms with Gasteiger partial charge < -0.3 is 4.98 Å². The highest BCUT2D eigenvalue weighted by Crippen LogP contribution is 1.77. The van der Waals surface area contributed by atoms with E-state index in [0.29, 0.717) is 0 Å². The van der Waals surface area contributed by atoms with Crippen LogP contribution in [0.2, 0.25) is 0 Å². The molecule has 36 valence electrons. The lowest BCUT2D eigenvalue weighted by Crippen LogP contribution is -1.78. The van der Waals surface area contributed by atoms with Crippen LogP contribution in [0.4, 0.5) is 0 Å². The number of carbonyl (C=O) groups is 1. The molecule has 3 heteroatoms. The number of nitrogens with one attached hydrogen (secondary N) is 1. The number of carbonyl (C=O) groups excluding carboxylic acids is 1. The monoisotopic (exact) mass is 97.0 g/mol. The number of imidazole rings is 1. The lowest BCUT2D eigenvalue weighted by molar-refractivity contribution is 0.111. The van der Waals surface area contributed by atoms with Crippen molar-refractivity contribution in [2.75, 3.05) is 0 Å². The van der Waals surface area contributed by atoms with Gasteiger partial charge in [-0.05, 0) is 0 Å². The number of aromatic amines is 1. The number of rotatable bonds is 1. The molecule has 1 rings (SSSR count). The van der Waals surface area contributed by atoms with E-state index in [2.05, 4.69) is 9.97 Å². The molecule has 0 fully saturated rings. The van der Waals surface area contributed by atoms with Crippen LogP contribution < -0.4 is 0 Å². The van der Waals surface area contributed by atoms with Gasteiger partial charge in [0.05, 0.1) is 0 Å². The molecule has 1 heterocycles. The first-order valence-corrected chi connectivity index (χ1v) is 1.81. The Kier molecular flexibility index (Phi) is 0.656. The highest BCUT2D eigenvalue weighted by atomic mass is 16.1. The average Bonchev–Trinajstić information content (AvgIpc) is 2.12. The minimum Gasteiger partial charge on any atom is -0.342 e. The SMILES string of the molecule is [2H]C(=O)c1ncc[nH]1. The van der Waals surface area contributed by atoms with Crippen LogP contribution in [0.15, 0.2) is 12.4 Å². The van der Waals surface area contributed by atoms with Gasteiger partial charge in [-0.2, -0.15) is 0 Å². The van der Waals surface area contributed by atoms with Crippen molar-refractivity contribution < 1.29 is 6.17 Å². The predicted octanol–water partition coefficient (Wildman–Crippen LogP) is 0.222. The van der Waals surface area contributed by atoms with E-state index in [0.717, 1.165) is 0 Å². The summed E-state index contributed by atoms with van der Waals surface area (Å²) in [6.45, 7) is 0. The zero-order valence-electron chi connectivity index (χ0n) is 4.51. The molecule has 0 bridgehead atoms. The molecule has 0 aliphatic rings. The van der Waals surface area contributed by atoms with Crippen molar-refractivity contribution >= 4 is 6.26 Å². The third-order valence-corrected chi connectivity index (χ3v) is 0.595. The first kappa shape index (κ1) is 2.96. The summed E-state index contributed by atoms with van der Waals surface area (Å²) in [4.78, 5) is 16.1. The van der Waals surface area contributed by atoms with Gasteiger partial charge in [0, 0.05) is 12.4 Å². The largest absolute Gasteiger partial charge is 0.342 e. The van der Waals surface area contributed by atoms with Gasteiger partial charge in [-0.25, -0.2) is 4.98 Å². The van der Waals surface area contributed by atoms with Gasteiger partial charge in [-0.3, -0.25) is 4.79 Å². The molecule has 0 aliphatic carbocycles. The van der Waals surface area contributed by atoms with Crippen molar-refractivity contribution in [3.05, 3.63) is 18.2 Å². The molecule has 0 saturated carbocycles. The van der Waals surface area contributed by atoms with Gasteiger partial charge in [0.25, 0.3) is 0 Å². The quantitative estimate of drug-likeness (QED) is 0.509. The van der Waals surface area contributed by atoms with Crippen molar-refractivity contribution in [2.24, 2.45) is 0 Å². The molecule has 0 saturated heterocycles. The van der Waals surface area contributed by atoms with Crippen LogP contribution in [-0.2, 0) is 0 Å². The second kappa shape index (κ2) is 1.55. The first-order valence-electron chi connectivity index (χ1n) is 2.31. The molecule has 0 aliphatic heterocycles. The van der Waals surface area contributed by atoms with Crippen LogP contribution in [0.3, 0.4) is 0 Å². The predicted molar refractivity (Wildman–Crippen MR) is 24.0 cm³/mol.